The molecule has 0 aliphatic heterocycles. The molecule has 0 saturated carbocycles. The quantitative estimate of drug-likeness (QED) is 0.393. The third-order valence-corrected chi connectivity index (χ3v) is 1.56. The van der Waals surface area contributed by atoms with Gasteiger partial charge in [-0.15, -0.1) is 0 Å². The first-order chi connectivity index (χ1) is 5.91. The van der Waals surface area contributed by atoms with E-state index in [2.05, 4.69) is 13.5 Å². The van der Waals surface area contributed by atoms with Crippen molar-refractivity contribution in [3.63, 3.8) is 0 Å². The third-order valence-electron chi connectivity index (χ3n) is 1.56. The van der Waals surface area contributed by atoms with Crippen LogP contribution in [-0.2, 0) is 9.47 Å². The summed E-state index contributed by atoms with van der Waals surface area (Å²) < 4.78 is 10.3. The van der Waals surface area contributed by atoms with Gasteiger partial charge < -0.3 is 9.47 Å². The Kier molecular flexibility index (Phi) is 10.1. The molecule has 72 valence electrons. The van der Waals surface area contributed by atoms with Crippen LogP contribution in [0.5, 0.6) is 0 Å². The first-order valence-corrected chi connectivity index (χ1v) is 4.72. The summed E-state index contributed by atoms with van der Waals surface area (Å²) in [6.07, 6.45) is 6.00. The number of hydrogen-bond donors (Lipinski definition) is 0. The summed E-state index contributed by atoms with van der Waals surface area (Å²) >= 11 is 0. The van der Waals surface area contributed by atoms with Crippen molar-refractivity contribution in [1.29, 1.82) is 0 Å². The van der Waals surface area contributed by atoms with Crippen molar-refractivity contribution in [3.8, 4) is 0 Å². The van der Waals surface area contributed by atoms with E-state index in [1.807, 2.05) is 0 Å². The molecule has 0 atom stereocenters. The minimum absolute atomic E-state index is 0.765. The Bertz CT molecular complexity index is 91.8. The summed E-state index contributed by atoms with van der Waals surface area (Å²) in [6, 6.07) is 0. The SMILES string of the molecule is C=COCCCCOCCCC. The fourth-order valence-corrected chi connectivity index (χ4v) is 0.821. The lowest BCUT2D eigenvalue weighted by Crippen LogP contribution is -1.98. The van der Waals surface area contributed by atoms with E-state index in [-0.39, 0.29) is 0 Å². The van der Waals surface area contributed by atoms with Crippen LogP contribution >= 0.6 is 0 Å². The van der Waals surface area contributed by atoms with Crippen LogP contribution in [0.15, 0.2) is 12.8 Å². The van der Waals surface area contributed by atoms with Gasteiger partial charge in [0, 0.05) is 13.2 Å². The van der Waals surface area contributed by atoms with Gasteiger partial charge in [0.25, 0.3) is 0 Å². The monoisotopic (exact) mass is 172 g/mol. The highest BCUT2D eigenvalue weighted by molar-refractivity contribution is 4.48. The zero-order valence-electron chi connectivity index (χ0n) is 8.05. The van der Waals surface area contributed by atoms with Gasteiger partial charge in [0.2, 0.25) is 0 Å². The lowest BCUT2D eigenvalue weighted by atomic mass is 10.3. The van der Waals surface area contributed by atoms with Gasteiger partial charge in [-0.25, -0.2) is 0 Å². The van der Waals surface area contributed by atoms with Crippen LogP contribution < -0.4 is 0 Å². The van der Waals surface area contributed by atoms with Gasteiger partial charge >= 0.3 is 0 Å². The first-order valence-electron chi connectivity index (χ1n) is 4.72. The average Bonchev–Trinajstić information content (AvgIpc) is 2.10. The second kappa shape index (κ2) is 10.5. The van der Waals surface area contributed by atoms with Crippen LogP contribution in [-0.4, -0.2) is 19.8 Å². The van der Waals surface area contributed by atoms with Crippen molar-refractivity contribution in [2.24, 2.45) is 0 Å². The molecule has 0 amide bonds. The predicted octanol–water partition coefficient (Wildman–Crippen LogP) is 2.74. The van der Waals surface area contributed by atoms with Gasteiger partial charge in [-0.05, 0) is 19.3 Å². The maximum absolute atomic E-state index is 5.37. The highest BCUT2D eigenvalue weighted by atomic mass is 16.5. The zero-order valence-corrected chi connectivity index (χ0v) is 8.05. The van der Waals surface area contributed by atoms with Gasteiger partial charge in [0.05, 0.1) is 12.9 Å². The molecule has 0 aromatic heterocycles. The molecule has 0 heterocycles. The Labute approximate surface area is 75.6 Å². The Balaban J connectivity index is 2.77. The summed E-state index contributed by atoms with van der Waals surface area (Å²) in [6.45, 7) is 8.16. The highest BCUT2D eigenvalue weighted by Crippen LogP contribution is 1.93. The maximum atomic E-state index is 5.37. The Morgan fingerprint density at radius 2 is 1.75 bits per heavy atom. The van der Waals surface area contributed by atoms with Gasteiger partial charge in [-0.2, -0.15) is 0 Å². The number of rotatable bonds is 9. The van der Waals surface area contributed by atoms with Crippen molar-refractivity contribution < 1.29 is 9.47 Å². The van der Waals surface area contributed by atoms with Gasteiger partial charge in [-0.3, -0.25) is 0 Å². The average molecular weight is 172 g/mol. The summed E-state index contributed by atoms with van der Waals surface area (Å²) in [5.41, 5.74) is 0. The molecule has 0 N–H and O–H groups in total. The molecule has 0 aliphatic carbocycles. The molecule has 0 aliphatic rings. The maximum Gasteiger partial charge on any atom is 0.0873 e. The fraction of sp³-hybridized carbons (Fsp3) is 0.800. The molecule has 0 rings (SSSR count). The van der Waals surface area contributed by atoms with Crippen LogP contribution in [0.4, 0.5) is 0 Å². The van der Waals surface area contributed by atoms with Crippen LogP contribution in [0.25, 0.3) is 0 Å². The van der Waals surface area contributed by atoms with Crippen molar-refractivity contribution in [3.05, 3.63) is 12.8 Å². The van der Waals surface area contributed by atoms with E-state index in [9.17, 15) is 0 Å². The summed E-state index contributed by atoms with van der Waals surface area (Å²) in [5.74, 6) is 0. The smallest absolute Gasteiger partial charge is 0.0873 e. The van der Waals surface area contributed by atoms with E-state index in [0.29, 0.717) is 0 Å². The number of unbranched alkanes of at least 4 members (excludes halogenated alkanes) is 2. The molecular formula is C10H20O2. The molecule has 0 unspecified atom stereocenters. The van der Waals surface area contributed by atoms with Crippen molar-refractivity contribution in [2.75, 3.05) is 19.8 Å². The molecular weight excluding hydrogens is 152 g/mol. The first kappa shape index (κ1) is 11.5. The largest absolute Gasteiger partial charge is 0.502 e. The summed E-state index contributed by atoms with van der Waals surface area (Å²) in [4.78, 5) is 0. The summed E-state index contributed by atoms with van der Waals surface area (Å²) in [7, 11) is 0. The molecule has 2 nitrogen and oxygen atoms in total. The van der Waals surface area contributed by atoms with Gasteiger partial charge in [0.1, 0.15) is 0 Å². The highest BCUT2D eigenvalue weighted by Gasteiger charge is 1.88. The second-order valence-electron chi connectivity index (χ2n) is 2.71. The van der Waals surface area contributed by atoms with Crippen molar-refractivity contribution in [2.45, 2.75) is 32.6 Å². The normalized spacial score (nSPS) is 9.75. The standard InChI is InChI=1S/C10H20O2/c1-3-5-8-12-10-7-6-9-11-4-2/h4H,2-3,5-10H2,1H3. The second-order valence-corrected chi connectivity index (χ2v) is 2.71. The molecule has 0 fully saturated rings. The molecule has 0 bridgehead atoms. The van der Waals surface area contributed by atoms with E-state index >= 15 is 0 Å². The van der Waals surface area contributed by atoms with E-state index < -0.39 is 0 Å². The molecule has 2 heteroatoms. The molecule has 0 saturated heterocycles. The lowest BCUT2D eigenvalue weighted by Gasteiger charge is -2.02. The molecule has 0 aromatic carbocycles. The van der Waals surface area contributed by atoms with E-state index in [1.54, 1.807) is 0 Å². The third kappa shape index (κ3) is 9.50. The van der Waals surface area contributed by atoms with E-state index in [1.165, 1.54) is 19.1 Å². The minimum Gasteiger partial charge on any atom is -0.502 e. The minimum atomic E-state index is 0.765. The molecule has 0 spiro atoms. The van der Waals surface area contributed by atoms with Crippen LogP contribution in [0.1, 0.15) is 32.6 Å². The number of hydrogen-bond acceptors (Lipinski definition) is 2. The molecule has 12 heavy (non-hydrogen) atoms. The van der Waals surface area contributed by atoms with Crippen LogP contribution in [0.2, 0.25) is 0 Å². The Morgan fingerprint density at radius 3 is 2.42 bits per heavy atom. The topological polar surface area (TPSA) is 18.5 Å². The molecule has 0 aromatic rings. The fourth-order valence-electron chi connectivity index (χ4n) is 0.821. The predicted molar refractivity (Wildman–Crippen MR) is 51.1 cm³/mol. The Morgan fingerprint density at radius 1 is 1.08 bits per heavy atom. The lowest BCUT2D eigenvalue weighted by molar-refractivity contribution is 0.121. The van der Waals surface area contributed by atoms with E-state index in [4.69, 9.17) is 9.47 Å². The van der Waals surface area contributed by atoms with Gasteiger partial charge in [-0.1, -0.05) is 19.9 Å². The molecule has 0 radical (unpaired) electrons. The van der Waals surface area contributed by atoms with Crippen LogP contribution in [0, 0.1) is 0 Å². The van der Waals surface area contributed by atoms with Crippen molar-refractivity contribution in [1.82, 2.24) is 0 Å². The Hall–Kier alpha value is -0.500. The summed E-state index contributed by atoms with van der Waals surface area (Å²) in [5, 5.41) is 0. The van der Waals surface area contributed by atoms with E-state index in [0.717, 1.165) is 32.7 Å². The van der Waals surface area contributed by atoms with Crippen LogP contribution in [0.3, 0.4) is 0 Å². The number of ether oxygens (including phenoxy) is 2. The van der Waals surface area contributed by atoms with Gasteiger partial charge in [0.15, 0.2) is 0 Å². The zero-order chi connectivity index (χ0) is 9.07. The van der Waals surface area contributed by atoms with Crippen molar-refractivity contribution >= 4 is 0 Å².